The van der Waals surface area contributed by atoms with Gasteiger partial charge < -0.3 is 11.5 Å². The first-order chi connectivity index (χ1) is 9.08. The number of benzene rings is 1. The van der Waals surface area contributed by atoms with Crippen LogP contribution in [0.1, 0.15) is 0 Å². The van der Waals surface area contributed by atoms with Crippen molar-refractivity contribution in [2.24, 2.45) is 0 Å². The molecule has 0 radical (unpaired) electrons. The Balaban J connectivity index is 2.31. The summed E-state index contributed by atoms with van der Waals surface area (Å²) in [7, 11) is 0. The van der Waals surface area contributed by atoms with E-state index >= 15 is 0 Å². The van der Waals surface area contributed by atoms with Crippen molar-refractivity contribution >= 4 is 34.1 Å². The molecule has 3 rings (SSSR count). The van der Waals surface area contributed by atoms with Gasteiger partial charge in [-0.05, 0) is 23.8 Å². The number of aromatic nitrogens is 3. The second-order valence-corrected chi connectivity index (χ2v) is 4.45. The summed E-state index contributed by atoms with van der Waals surface area (Å²) in [5, 5.41) is 7.64. The van der Waals surface area contributed by atoms with Crippen LogP contribution in [0.5, 0.6) is 0 Å². The molecule has 2 heterocycles. The van der Waals surface area contributed by atoms with Crippen LogP contribution < -0.4 is 11.5 Å². The summed E-state index contributed by atoms with van der Waals surface area (Å²) < 4.78 is 14.0. The summed E-state index contributed by atoms with van der Waals surface area (Å²) in [6, 6.07) is 4.86. The Labute approximate surface area is 112 Å². The van der Waals surface area contributed by atoms with Crippen LogP contribution in [-0.4, -0.2) is 15.2 Å². The fourth-order valence-electron chi connectivity index (χ4n) is 1.94. The molecule has 2 aromatic heterocycles. The summed E-state index contributed by atoms with van der Waals surface area (Å²) in [6.07, 6.45) is 1.44. The SMILES string of the molecule is Nc1nccc(-c2cc(Cl)c3[nH]nc(N)c3c2)c1F. The van der Waals surface area contributed by atoms with Gasteiger partial charge in [-0.1, -0.05) is 11.6 Å². The van der Waals surface area contributed by atoms with Crippen molar-refractivity contribution in [2.45, 2.75) is 0 Å². The minimum Gasteiger partial charge on any atom is -0.382 e. The smallest absolute Gasteiger partial charge is 0.173 e. The first-order valence-electron chi connectivity index (χ1n) is 5.41. The normalized spacial score (nSPS) is 11.1. The van der Waals surface area contributed by atoms with Crippen LogP contribution in [0.15, 0.2) is 24.4 Å². The largest absolute Gasteiger partial charge is 0.382 e. The highest BCUT2D eigenvalue weighted by Gasteiger charge is 2.13. The zero-order valence-corrected chi connectivity index (χ0v) is 10.4. The number of anilines is 2. The Bertz CT molecular complexity index is 783. The van der Waals surface area contributed by atoms with Gasteiger partial charge in [0.1, 0.15) is 0 Å². The Morgan fingerprint density at radius 3 is 2.79 bits per heavy atom. The molecule has 1 aromatic carbocycles. The molecule has 0 unspecified atom stereocenters. The number of rotatable bonds is 1. The Morgan fingerprint density at radius 2 is 2.00 bits per heavy atom. The molecule has 0 aliphatic carbocycles. The van der Waals surface area contributed by atoms with Crippen molar-refractivity contribution in [2.75, 3.05) is 11.5 Å². The molecular weight excluding hydrogens is 269 g/mol. The molecule has 0 saturated heterocycles. The molecule has 96 valence electrons. The van der Waals surface area contributed by atoms with Gasteiger partial charge >= 0.3 is 0 Å². The zero-order valence-electron chi connectivity index (χ0n) is 9.61. The van der Waals surface area contributed by atoms with Crippen LogP contribution in [0.25, 0.3) is 22.0 Å². The van der Waals surface area contributed by atoms with Crippen LogP contribution in [0.2, 0.25) is 5.02 Å². The maximum Gasteiger partial charge on any atom is 0.173 e. The third kappa shape index (κ3) is 1.77. The van der Waals surface area contributed by atoms with E-state index in [1.807, 2.05) is 0 Å². The van der Waals surface area contributed by atoms with Gasteiger partial charge in [-0.15, -0.1) is 0 Å². The number of nitrogens with one attached hydrogen (secondary N) is 1. The third-order valence-corrected chi connectivity index (χ3v) is 3.18. The van der Waals surface area contributed by atoms with E-state index in [9.17, 15) is 4.39 Å². The van der Waals surface area contributed by atoms with Crippen LogP contribution in [0.3, 0.4) is 0 Å². The lowest BCUT2D eigenvalue weighted by molar-refractivity contribution is 0.631. The molecule has 0 atom stereocenters. The van der Waals surface area contributed by atoms with E-state index in [1.54, 1.807) is 12.1 Å². The first kappa shape index (κ1) is 11.7. The van der Waals surface area contributed by atoms with Gasteiger partial charge in [0.25, 0.3) is 0 Å². The van der Waals surface area contributed by atoms with Crippen molar-refractivity contribution < 1.29 is 4.39 Å². The number of nitrogens with zero attached hydrogens (tertiary/aromatic N) is 2. The minimum atomic E-state index is -0.583. The van der Waals surface area contributed by atoms with E-state index in [1.165, 1.54) is 12.3 Å². The predicted octanol–water partition coefficient (Wildman–Crippen LogP) is 2.58. The van der Waals surface area contributed by atoms with Gasteiger partial charge in [0.05, 0.1) is 10.5 Å². The number of hydrogen-bond donors (Lipinski definition) is 3. The molecule has 0 saturated carbocycles. The summed E-state index contributed by atoms with van der Waals surface area (Å²) in [6.45, 7) is 0. The molecule has 19 heavy (non-hydrogen) atoms. The third-order valence-electron chi connectivity index (χ3n) is 2.88. The molecular formula is C12H9ClFN5. The summed E-state index contributed by atoms with van der Waals surface area (Å²) >= 11 is 6.12. The number of H-pyrrole nitrogens is 1. The van der Waals surface area contributed by atoms with Crippen molar-refractivity contribution in [3.05, 3.63) is 35.2 Å². The second kappa shape index (κ2) is 4.10. The minimum absolute atomic E-state index is 0.158. The quantitative estimate of drug-likeness (QED) is 0.637. The first-order valence-corrected chi connectivity index (χ1v) is 5.79. The number of pyridine rings is 1. The number of fused-ring (bicyclic) bond motifs is 1. The molecule has 5 nitrogen and oxygen atoms in total. The molecule has 0 aliphatic rings. The highest BCUT2D eigenvalue weighted by molar-refractivity contribution is 6.35. The predicted molar refractivity (Wildman–Crippen MR) is 73.1 cm³/mol. The fourth-order valence-corrected chi connectivity index (χ4v) is 2.20. The highest BCUT2D eigenvalue weighted by Crippen LogP contribution is 2.33. The van der Waals surface area contributed by atoms with Crippen LogP contribution in [-0.2, 0) is 0 Å². The standard InChI is InChI=1S/C12H9ClFN5/c13-8-4-5(3-7-10(8)18-19-11(7)15)6-1-2-17-12(16)9(6)14/h1-4H,(H2,16,17)(H3,15,18,19). The second-order valence-electron chi connectivity index (χ2n) is 4.05. The van der Waals surface area contributed by atoms with Gasteiger partial charge in [0.2, 0.25) is 0 Å². The highest BCUT2D eigenvalue weighted by atomic mass is 35.5. The lowest BCUT2D eigenvalue weighted by atomic mass is 10.0. The van der Waals surface area contributed by atoms with E-state index in [0.717, 1.165) is 0 Å². The number of nitrogens with two attached hydrogens (primary N) is 2. The van der Waals surface area contributed by atoms with Crippen LogP contribution in [0.4, 0.5) is 16.0 Å². The molecule has 5 N–H and O–H groups in total. The molecule has 0 spiro atoms. The Kier molecular flexibility index (Phi) is 2.53. The molecule has 0 bridgehead atoms. The van der Waals surface area contributed by atoms with E-state index < -0.39 is 5.82 Å². The summed E-state index contributed by atoms with van der Waals surface area (Å²) in [5.41, 5.74) is 12.7. The number of halogens is 2. The number of aromatic amines is 1. The molecule has 3 aromatic rings. The van der Waals surface area contributed by atoms with Crippen molar-refractivity contribution in [3.8, 4) is 11.1 Å². The van der Waals surface area contributed by atoms with Gasteiger partial charge in [-0.25, -0.2) is 9.37 Å². The van der Waals surface area contributed by atoms with E-state index in [-0.39, 0.29) is 5.82 Å². The van der Waals surface area contributed by atoms with Crippen molar-refractivity contribution in [1.29, 1.82) is 0 Å². The zero-order chi connectivity index (χ0) is 13.6. The lowest BCUT2D eigenvalue weighted by Crippen LogP contribution is -1.96. The molecule has 7 heteroatoms. The van der Waals surface area contributed by atoms with E-state index in [4.69, 9.17) is 23.1 Å². The summed E-state index contributed by atoms with van der Waals surface area (Å²) in [4.78, 5) is 3.68. The van der Waals surface area contributed by atoms with Gasteiger partial charge in [-0.2, -0.15) is 5.10 Å². The molecule has 0 amide bonds. The van der Waals surface area contributed by atoms with Crippen molar-refractivity contribution in [1.82, 2.24) is 15.2 Å². The Hall–Kier alpha value is -2.34. The average molecular weight is 278 g/mol. The number of hydrogen-bond acceptors (Lipinski definition) is 4. The lowest BCUT2D eigenvalue weighted by Gasteiger charge is -2.06. The number of nitrogen functional groups attached to an aromatic ring is 2. The maximum atomic E-state index is 14.0. The van der Waals surface area contributed by atoms with Crippen LogP contribution in [0, 0.1) is 5.82 Å². The maximum absolute atomic E-state index is 14.0. The van der Waals surface area contributed by atoms with Crippen LogP contribution >= 0.6 is 11.6 Å². The Morgan fingerprint density at radius 1 is 1.21 bits per heavy atom. The van der Waals surface area contributed by atoms with E-state index in [2.05, 4.69) is 15.2 Å². The topological polar surface area (TPSA) is 93.6 Å². The van der Waals surface area contributed by atoms with Gasteiger partial charge in [0, 0.05) is 17.1 Å². The van der Waals surface area contributed by atoms with Gasteiger partial charge in [-0.3, -0.25) is 5.10 Å². The monoisotopic (exact) mass is 277 g/mol. The average Bonchev–Trinajstić information content (AvgIpc) is 2.75. The molecule has 0 aliphatic heterocycles. The van der Waals surface area contributed by atoms with Crippen molar-refractivity contribution in [3.63, 3.8) is 0 Å². The molecule has 0 fully saturated rings. The van der Waals surface area contributed by atoms with Gasteiger partial charge in [0.15, 0.2) is 17.5 Å². The summed E-state index contributed by atoms with van der Waals surface area (Å²) in [5.74, 6) is -0.435. The van der Waals surface area contributed by atoms with E-state index in [0.29, 0.717) is 32.9 Å². The fraction of sp³-hybridized carbons (Fsp3) is 0.